The van der Waals surface area contributed by atoms with E-state index >= 15 is 0 Å². The molecule has 6 nitrogen and oxygen atoms in total. The van der Waals surface area contributed by atoms with Gasteiger partial charge in [0.05, 0.1) is 11.4 Å². The Bertz CT molecular complexity index is 859. The van der Waals surface area contributed by atoms with Crippen molar-refractivity contribution >= 4 is 39.7 Å². The van der Waals surface area contributed by atoms with Crippen molar-refractivity contribution in [2.45, 2.75) is 18.9 Å². The number of hydrogen-bond donors (Lipinski definition) is 2. The van der Waals surface area contributed by atoms with Crippen molar-refractivity contribution in [1.82, 2.24) is 0 Å². The molecule has 0 saturated carbocycles. The number of rotatable bonds is 5. The lowest BCUT2D eigenvalue weighted by molar-refractivity contribution is -0.116. The fraction of sp³-hybridized carbons (Fsp3) is 0.278. The van der Waals surface area contributed by atoms with E-state index in [0.717, 1.165) is 5.56 Å². The normalized spacial score (nSPS) is 16.6. The van der Waals surface area contributed by atoms with Gasteiger partial charge in [0.25, 0.3) is 0 Å². The Morgan fingerprint density at radius 1 is 1.15 bits per heavy atom. The summed E-state index contributed by atoms with van der Waals surface area (Å²) in [5.41, 5.74) is 8.10. The minimum Gasteiger partial charge on any atom is -0.326 e. The summed E-state index contributed by atoms with van der Waals surface area (Å²) in [6.45, 7) is 0.471. The van der Waals surface area contributed by atoms with E-state index in [1.807, 2.05) is 30.3 Å². The van der Waals surface area contributed by atoms with Gasteiger partial charge in [-0.2, -0.15) is 0 Å². The van der Waals surface area contributed by atoms with Crippen LogP contribution in [-0.4, -0.2) is 26.6 Å². The number of anilines is 2. The van der Waals surface area contributed by atoms with Crippen LogP contribution in [0.15, 0.2) is 54.6 Å². The van der Waals surface area contributed by atoms with Gasteiger partial charge in [0, 0.05) is 24.7 Å². The molecule has 1 heterocycles. The van der Waals surface area contributed by atoms with Crippen molar-refractivity contribution in [2.75, 3.05) is 21.9 Å². The summed E-state index contributed by atoms with van der Waals surface area (Å²) in [7, 11) is -3.24. The van der Waals surface area contributed by atoms with E-state index in [9.17, 15) is 13.2 Å². The average molecular weight is 396 g/mol. The van der Waals surface area contributed by atoms with E-state index in [1.165, 1.54) is 4.31 Å². The highest BCUT2D eigenvalue weighted by molar-refractivity contribution is 7.93. The standard InChI is InChI=1S/C18H21N3O3S.ClH/c19-17(14-6-2-1-3-7-14)13-18(22)20-15-8-4-9-16(12-15)21-10-5-11-25(21,23)24;/h1-4,6-9,12,17H,5,10-11,13,19H2,(H,20,22);1H. The lowest BCUT2D eigenvalue weighted by atomic mass is 10.0. The van der Waals surface area contributed by atoms with Crippen molar-refractivity contribution < 1.29 is 13.2 Å². The van der Waals surface area contributed by atoms with Gasteiger partial charge in [-0.15, -0.1) is 12.4 Å². The topological polar surface area (TPSA) is 92.5 Å². The zero-order valence-corrected chi connectivity index (χ0v) is 15.8. The van der Waals surface area contributed by atoms with E-state index in [-0.39, 0.29) is 36.5 Å². The molecule has 1 fully saturated rings. The number of halogens is 1. The largest absolute Gasteiger partial charge is 0.326 e. The minimum atomic E-state index is -3.24. The summed E-state index contributed by atoms with van der Waals surface area (Å²) >= 11 is 0. The smallest absolute Gasteiger partial charge is 0.235 e. The molecule has 1 aliphatic heterocycles. The third-order valence-electron chi connectivity index (χ3n) is 4.15. The molecule has 0 radical (unpaired) electrons. The summed E-state index contributed by atoms with van der Waals surface area (Å²) in [5.74, 6) is -0.0482. The molecule has 1 amide bonds. The van der Waals surface area contributed by atoms with Crippen molar-refractivity contribution in [3.8, 4) is 0 Å². The second kappa shape index (κ2) is 8.53. The molecule has 1 aliphatic rings. The molecule has 2 aromatic rings. The van der Waals surface area contributed by atoms with Crippen LogP contribution in [0.25, 0.3) is 0 Å². The molecule has 1 unspecified atom stereocenters. The minimum absolute atomic E-state index is 0. The van der Waals surface area contributed by atoms with Gasteiger partial charge in [0.2, 0.25) is 15.9 Å². The van der Waals surface area contributed by atoms with Crippen LogP contribution in [0.3, 0.4) is 0 Å². The van der Waals surface area contributed by atoms with Crippen LogP contribution in [0.5, 0.6) is 0 Å². The zero-order valence-electron chi connectivity index (χ0n) is 14.2. The van der Waals surface area contributed by atoms with Gasteiger partial charge in [-0.05, 0) is 30.2 Å². The lowest BCUT2D eigenvalue weighted by Crippen LogP contribution is -2.25. The summed E-state index contributed by atoms with van der Waals surface area (Å²) in [6, 6.07) is 15.9. The van der Waals surface area contributed by atoms with Crippen molar-refractivity contribution in [1.29, 1.82) is 0 Å². The van der Waals surface area contributed by atoms with Gasteiger partial charge in [-0.3, -0.25) is 9.10 Å². The molecule has 3 rings (SSSR count). The van der Waals surface area contributed by atoms with E-state index in [1.54, 1.807) is 24.3 Å². The van der Waals surface area contributed by atoms with Crippen LogP contribution in [0, 0.1) is 0 Å². The molecule has 140 valence electrons. The average Bonchev–Trinajstić information content (AvgIpc) is 2.95. The molecule has 0 spiro atoms. The van der Waals surface area contributed by atoms with Gasteiger partial charge in [-0.25, -0.2) is 8.42 Å². The van der Waals surface area contributed by atoms with E-state index in [2.05, 4.69) is 5.32 Å². The molecule has 3 N–H and O–H groups in total. The highest BCUT2D eigenvalue weighted by Crippen LogP contribution is 2.26. The predicted octanol–water partition coefficient (Wildman–Crippen LogP) is 2.68. The second-order valence-electron chi connectivity index (χ2n) is 6.06. The van der Waals surface area contributed by atoms with Crippen molar-refractivity contribution in [3.63, 3.8) is 0 Å². The number of amides is 1. The predicted molar refractivity (Wildman–Crippen MR) is 106 cm³/mol. The number of carbonyl (C=O) groups excluding carboxylic acids is 1. The van der Waals surface area contributed by atoms with Crippen molar-refractivity contribution in [3.05, 3.63) is 60.2 Å². The third-order valence-corrected chi connectivity index (χ3v) is 6.02. The molecule has 0 aromatic heterocycles. The molecule has 1 atom stereocenters. The summed E-state index contributed by atoms with van der Waals surface area (Å²) in [4.78, 5) is 12.2. The Kier molecular flexibility index (Phi) is 6.63. The Labute approximate surface area is 159 Å². The number of nitrogens with zero attached hydrogens (tertiary/aromatic N) is 1. The van der Waals surface area contributed by atoms with E-state index in [4.69, 9.17) is 5.73 Å². The molecule has 2 aromatic carbocycles. The monoisotopic (exact) mass is 395 g/mol. The molecular weight excluding hydrogens is 374 g/mol. The number of benzene rings is 2. The number of hydrogen-bond acceptors (Lipinski definition) is 4. The Hall–Kier alpha value is -2.09. The summed E-state index contributed by atoms with van der Waals surface area (Å²) in [6.07, 6.45) is 0.765. The highest BCUT2D eigenvalue weighted by atomic mass is 35.5. The van der Waals surface area contributed by atoms with Gasteiger partial charge < -0.3 is 11.1 Å². The van der Waals surface area contributed by atoms with Gasteiger partial charge >= 0.3 is 0 Å². The Balaban J connectivity index is 0.00000243. The number of carbonyl (C=O) groups is 1. The third kappa shape index (κ3) is 4.75. The Morgan fingerprint density at radius 3 is 2.54 bits per heavy atom. The first kappa shape index (κ1) is 20.2. The molecule has 0 bridgehead atoms. The van der Waals surface area contributed by atoms with Crippen LogP contribution in [0.2, 0.25) is 0 Å². The first-order valence-electron chi connectivity index (χ1n) is 8.16. The van der Waals surface area contributed by atoms with Gasteiger partial charge in [0.15, 0.2) is 0 Å². The van der Waals surface area contributed by atoms with Crippen LogP contribution in [0.4, 0.5) is 11.4 Å². The van der Waals surface area contributed by atoms with Crippen molar-refractivity contribution in [2.24, 2.45) is 5.73 Å². The fourth-order valence-electron chi connectivity index (χ4n) is 2.90. The first-order chi connectivity index (χ1) is 12.0. The zero-order chi connectivity index (χ0) is 17.9. The summed E-state index contributed by atoms with van der Waals surface area (Å²) in [5, 5.41) is 2.79. The van der Waals surface area contributed by atoms with Gasteiger partial charge in [0.1, 0.15) is 0 Å². The van der Waals surface area contributed by atoms with E-state index in [0.29, 0.717) is 24.3 Å². The first-order valence-corrected chi connectivity index (χ1v) is 9.77. The summed E-state index contributed by atoms with van der Waals surface area (Å²) < 4.78 is 25.4. The molecule has 0 aliphatic carbocycles. The number of nitrogens with one attached hydrogen (secondary N) is 1. The van der Waals surface area contributed by atoms with Crippen LogP contribution in [-0.2, 0) is 14.8 Å². The lowest BCUT2D eigenvalue weighted by Gasteiger charge is -2.18. The number of nitrogens with two attached hydrogens (primary N) is 1. The maximum Gasteiger partial charge on any atom is 0.235 e. The SMILES string of the molecule is Cl.NC(CC(=O)Nc1cccc(N2CCCS2(=O)=O)c1)c1ccccc1. The molecule has 26 heavy (non-hydrogen) atoms. The molecule has 8 heteroatoms. The van der Waals surface area contributed by atoms with E-state index < -0.39 is 10.0 Å². The van der Waals surface area contributed by atoms with Crippen LogP contribution in [0.1, 0.15) is 24.4 Å². The van der Waals surface area contributed by atoms with Crippen LogP contribution < -0.4 is 15.4 Å². The Morgan fingerprint density at radius 2 is 1.88 bits per heavy atom. The quantitative estimate of drug-likeness (QED) is 0.813. The molecule has 1 saturated heterocycles. The highest BCUT2D eigenvalue weighted by Gasteiger charge is 2.28. The maximum absolute atomic E-state index is 12.2. The second-order valence-corrected chi connectivity index (χ2v) is 8.07. The van der Waals surface area contributed by atoms with Gasteiger partial charge in [-0.1, -0.05) is 36.4 Å². The number of sulfonamides is 1. The maximum atomic E-state index is 12.2. The molecular formula is C18H22ClN3O3S. The van der Waals surface area contributed by atoms with Crippen LogP contribution >= 0.6 is 12.4 Å². The fourth-order valence-corrected chi connectivity index (χ4v) is 4.45.